The molecule has 168 valence electrons. The fraction of sp³-hybridized carbons (Fsp3) is 0.393. The molecule has 1 aromatic heterocycles. The van der Waals surface area contributed by atoms with Crippen LogP contribution < -0.4 is 5.32 Å². The summed E-state index contributed by atoms with van der Waals surface area (Å²) in [5.41, 5.74) is 4.87. The summed E-state index contributed by atoms with van der Waals surface area (Å²) in [6.07, 6.45) is 7.87. The highest BCUT2D eigenvalue weighted by atomic mass is 16.1. The Labute approximate surface area is 195 Å². The molecule has 1 N–H and O–H groups in total. The van der Waals surface area contributed by atoms with E-state index in [-0.39, 0.29) is 5.91 Å². The molecule has 33 heavy (non-hydrogen) atoms. The van der Waals surface area contributed by atoms with Crippen LogP contribution in [0.3, 0.4) is 0 Å². The minimum absolute atomic E-state index is 0.122. The molecular weight excluding hydrogens is 408 g/mol. The molecule has 1 heterocycles. The van der Waals surface area contributed by atoms with Crippen LogP contribution in [0.15, 0.2) is 54.6 Å². The topological polar surface area (TPSA) is 70.7 Å². The summed E-state index contributed by atoms with van der Waals surface area (Å²) in [7, 11) is 0. The third-order valence-corrected chi connectivity index (χ3v) is 7.55. The molecule has 5 nitrogen and oxygen atoms in total. The monoisotopic (exact) mass is 438 g/mol. The fourth-order valence-electron chi connectivity index (χ4n) is 5.27. The zero-order chi connectivity index (χ0) is 22.8. The molecule has 0 aliphatic heterocycles. The van der Waals surface area contributed by atoms with E-state index in [1.165, 1.54) is 44.1 Å². The number of carbonyl (C=O) groups excluding carboxylic acids is 1. The van der Waals surface area contributed by atoms with Gasteiger partial charge in [0.15, 0.2) is 5.69 Å². The van der Waals surface area contributed by atoms with Gasteiger partial charge in [-0.1, -0.05) is 29.8 Å². The van der Waals surface area contributed by atoms with Crippen LogP contribution in [0.5, 0.6) is 0 Å². The molecule has 0 spiro atoms. The van der Waals surface area contributed by atoms with E-state index in [4.69, 9.17) is 5.26 Å². The van der Waals surface area contributed by atoms with Crippen molar-refractivity contribution in [1.82, 2.24) is 15.1 Å². The van der Waals surface area contributed by atoms with Gasteiger partial charge in [-0.3, -0.25) is 4.79 Å². The van der Waals surface area contributed by atoms with Gasteiger partial charge in [0, 0.05) is 12.1 Å². The van der Waals surface area contributed by atoms with Gasteiger partial charge in [0.1, 0.15) is 0 Å². The Morgan fingerprint density at radius 3 is 2.24 bits per heavy atom. The van der Waals surface area contributed by atoms with Crippen molar-refractivity contribution in [1.29, 1.82) is 5.26 Å². The second-order valence-corrected chi connectivity index (χ2v) is 9.68. The lowest BCUT2D eigenvalue weighted by atomic mass is 9.71. The van der Waals surface area contributed by atoms with Gasteiger partial charge in [-0.25, -0.2) is 4.68 Å². The molecule has 2 aromatic carbocycles. The van der Waals surface area contributed by atoms with Crippen LogP contribution in [0.1, 0.15) is 60.1 Å². The number of amides is 1. The Morgan fingerprint density at radius 1 is 1.00 bits per heavy atom. The number of carbonyl (C=O) groups is 1. The molecule has 2 aliphatic rings. The Kier molecular flexibility index (Phi) is 6.00. The smallest absolute Gasteiger partial charge is 0.271 e. The van der Waals surface area contributed by atoms with Crippen LogP contribution in [0.4, 0.5) is 0 Å². The van der Waals surface area contributed by atoms with E-state index in [1.54, 1.807) is 16.8 Å². The number of fused-ring (bicyclic) bond motifs is 1. The van der Waals surface area contributed by atoms with Crippen molar-refractivity contribution >= 4 is 5.91 Å². The van der Waals surface area contributed by atoms with Crippen LogP contribution in [0, 0.1) is 36.0 Å². The second kappa shape index (κ2) is 9.23. The summed E-state index contributed by atoms with van der Waals surface area (Å²) >= 11 is 0. The number of rotatable bonds is 5. The molecule has 2 atom stereocenters. The number of aromatic nitrogens is 2. The minimum Gasteiger partial charge on any atom is -0.350 e. The van der Waals surface area contributed by atoms with Gasteiger partial charge in [0.25, 0.3) is 5.91 Å². The summed E-state index contributed by atoms with van der Waals surface area (Å²) in [5.74, 6) is 2.32. The quantitative estimate of drug-likeness (QED) is 0.558. The first-order valence-electron chi connectivity index (χ1n) is 12.1. The van der Waals surface area contributed by atoms with Crippen molar-refractivity contribution in [3.63, 3.8) is 0 Å². The Bertz CT molecular complexity index is 1160. The standard InChI is InChI=1S/C28H30N4O/c1-19-2-8-24(9-3-19)27-16-26(31-32(27)25-14-6-20(17-29)7-15-25)28(33)30-18-21-4-10-22-12-13-23(22)11-5-21/h2-3,6-9,14-16,21-23H,4-5,10-13,18H2,1H3,(H,30,33). The predicted octanol–water partition coefficient (Wildman–Crippen LogP) is 5.67. The minimum atomic E-state index is -0.122. The molecular formula is C28H30N4O. The summed E-state index contributed by atoms with van der Waals surface area (Å²) in [6, 6.07) is 19.5. The fourth-order valence-corrected chi connectivity index (χ4v) is 5.27. The van der Waals surface area contributed by atoms with Gasteiger partial charge < -0.3 is 5.32 Å². The number of hydrogen-bond donors (Lipinski definition) is 1. The maximum atomic E-state index is 13.1. The van der Waals surface area contributed by atoms with Crippen molar-refractivity contribution in [2.45, 2.75) is 45.4 Å². The third-order valence-electron chi connectivity index (χ3n) is 7.55. The van der Waals surface area contributed by atoms with Gasteiger partial charge in [-0.2, -0.15) is 10.4 Å². The van der Waals surface area contributed by atoms with Gasteiger partial charge in [0.05, 0.1) is 23.0 Å². The Hall–Kier alpha value is -3.39. The number of nitriles is 1. The van der Waals surface area contributed by atoms with E-state index < -0.39 is 0 Å². The van der Waals surface area contributed by atoms with E-state index in [2.05, 4.69) is 35.5 Å². The third kappa shape index (κ3) is 4.57. The first-order valence-corrected chi connectivity index (χ1v) is 12.1. The molecule has 2 saturated carbocycles. The Balaban J connectivity index is 1.37. The average Bonchev–Trinajstić information content (AvgIpc) is 3.21. The number of nitrogens with one attached hydrogen (secondary N) is 1. The summed E-state index contributed by atoms with van der Waals surface area (Å²) in [6.45, 7) is 2.78. The van der Waals surface area contributed by atoms with E-state index >= 15 is 0 Å². The molecule has 5 heteroatoms. The highest BCUT2D eigenvalue weighted by Crippen LogP contribution is 2.44. The van der Waals surface area contributed by atoms with Gasteiger partial charge in [-0.05, 0) is 93.5 Å². The molecule has 0 bridgehead atoms. The van der Waals surface area contributed by atoms with Gasteiger partial charge >= 0.3 is 0 Å². The average molecular weight is 439 g/mol. The van der Waals surface area contributed by atoms with Crippen molar-refractivity contribution in [2.24, 2.45) is 17.8 Å². The van der Waals surface area contributed by atoms with Crippen LogP contribution in [0.2, 0.25) is 0 Å². The first-order chi connectivity index (χ1) is 16.1. The van der Waals surface area contributed by atoms with E-state index in [1.807, 2.05) is 30.3 Å². The van der Waals surface area contributed by atoms with Crippen molar-refractivity contribution in [3.8, 4) is 23.0 Å². The van der Waals surface area contributed by atoms with E-state index in [0.717, 1.165) is 35.3 Å². The lowest BCUT2D eigenvalue weighted by molar-refractivity contribution is 0.0940. The normalized spacial score (nSPS) is 21.9. The zero-order valence-electron chi connectivity index (χ0n) is 19.1. The largest absolute Gasteiger partial charge is 0.350 e. The lowest BCUT2D eigenvalue weighted by Gasteiger charge is -2.35. The Morgan fingerprint density at radius 2 is 1.64 bits per heavy atom. The maximum Gasteiger partial charge on any atom is 0.271 e. The number of nitrogens with zero attached hydrogens (tertiary/aromatic N) is 3. The predicted molar refractivity (Wildman–Crippen MR) is 129 cm³/mol. The molecule has 1 amide bonds. The van der Waals surface area contributed by atoms with Gasteiger partial charge in [0.2, 0.25) is 0 Å². The number of hydrogen-bond acceptors (Lipinski definition) is 3. The second-order valence-electron chi connectivity index (χ2n) is 9.68. The molecule has 0 radical (unpaired) electrons. The zero-order valence-corrected chi connectivity index (χ0v) is 19.1. The van der Waals surface area contributed by atoms with Crippen LogP contribution in [-0.4, -0.2) is 22.2 Å². The SMILES string of the molecule is Cc1ccc(-c2cc(C(=O)NCC3CCC4CCC4CC3)nn2-c2ccc(C#N)cc2)cc1. The first kappa shape index (κ1) is 21.5. The van der Waals surface area contributed by atoms with Crippen LogP contribution in [0.25, 0.3) is 16.9 Å². The molecule has 0 saturated heterocycles. The highest BCUT2D eigenvalue weighted by Gasteiger charge is 2.33. The summed E-state index contributed by atoms with van der Waals surface area (Å²) in [5, 5.41) is 17.0. The summed E-state index contributed by atoms with van der Waals surface area (Å²) < 4.78 is 1.80. The van der Waals surface area contributed by atoms with Gasteiger partial charge in [-0.15, -0.1) is 0 Å². The summed E-state index contributed by atoms with van der Waals surface area (Å²) in [4.78, 5) is 13.1. The molecule has 2 unspecified atom stereocenters. The van der Waals surface area contributed by atoms with E-state index in [9.17, 15) is 4.79 Å². The molecule has 2 aliphatic carbocycles. The molecule has 2 fully saturated rings. The van der Waals surface area contributed by atoms with Crippen molar-refractivity contribution in [2.75, 3.05) is 6.54 Å². The van der Waals surface area contributed by atoms with Crippen LogP contribution >= 0.6 is 0 Å². The van der Waals surface area contributed by atoms with Crippen molar-refractivity contribution in [3.05, 3.63) is 71.4 Å². The molecule has 3 aromatic rings. The maximum absolute atomic E-state index is 13.1. The highest BCUT2D eigenvalue weighted by molar-refractivity contribution is 5.93. The van der Waals surface area contributed by atoms with Crippen molar-refractivity contribution < 1.29 is 4.79 Å². The molecule has 5 rings (SSSR count). The van der Waals surface area contributed by atoms with E-state index in [0.29, 0.717) is 17.2 Å². The van der Waals surface area contributed by atoms with Crippen LogP contribution in [-0.2, 0) is 0 Å². The number of benzene rings is 2. The number of aryl methyl sites for hydroxylation is 1. The lowest BCUT2D eigenvalue weighted by Crippen LogP contribution is -2.29.